The van der Waals surface area contributed by atoms with Crippen molar-refractivity contribution in [3.8, 4) is 10.8 Å². The lowest BCUT2D eigenvalue weighted by atomic mass is 10.2. The van der Waals surface area contributed by atoms with Gasteiger partial charge < -0.3 is 4.42 Å². The molecule has 2 heterocycles. The van der Waals surface area contributed by atoms with E-state index in [-0.39, 0.29) is 11.1 Å². The molecule has 0 aliphatic heterocycles. The summed E-state index contributed by atoms with van der Waals surface area (Å²) in [7, 11) is -1.12. The predicted molar refractivity (Wildman–Crippen MR) is 86.5 cm³/mol. The molecule has 114 valence electrons. The van der Waals surface area contributed by atoms with Crippen molar-refractivity contribution in [1.29, 1.82) is 0 Å². The fraction of sp³-hybridized carbons (Fsp3) is 0.188. The van der Waals surface area contributed by atoms with Crippen molar-refractivity contribution >= 4 is 22.1 Å². The monoisotopic (exact) mass is 335 g/mol. The van der Waals surface area contributed by atoms with Crippen molar-refractivity contribution in [2.75, 3.05) is 0 Å². The summed E-state index contributed by atoms with van der Waals surface area (Å²) in [6.07, 6.45) is 1.60. The third kappa shape index (κ3) is 3.34. The van der Waals surface area contributed by atoms with E-state index in [1.165, 1.54) is 23.5 Å². The van der Waals surface area contributed by atoms with E-state index in [2.05, 4.69) is 4.98 Å². The number of aromatic nitrogens is 1. The molecule has 2 aromatic heterocycles. The van der Waals surface area contributed by atoms with Crippen molar-refractivity contribution in [3.05, 3.63) is 65.1 Å². The molecule has 3 aromatic rings. The Bertz CT molecular complexity index is 766. The van der Waals surface area contributed by atoms with Gasteiger partial charge in [0.1, 0.15) is 5.82 Å². The van der Waals surface area contributed by atoms with Gasteiger partial charge in [0.2, 0.25) is 0 Å². The number of hydrogen-bond acceptors (Lipinski definition) is 4. The fourth-order valence-electron chi connectivity index (χ4n) is 2.04. The second-order valence-corrected chi connectivity index (χ2v) is 7.46. The standard InChI is InChI=1S/C16H14FNO2S2/c1-11(12-4-6-13(17)7-5-12)22(19)10-14-9-21-16(18-14)15-3-2-8-20-15/h2-9,11H,10H2,1H3/t11-,22-/m1/s1. The summed E-state index contributed by atoms with van der Waals surface area (Å²) in [5, 5.41) is 2.51. The van der Waals surface area contributed by atoms with E-state index in [4.69, 9.17) is 4.42 Å². The lowest BCUT2D eigenvalue weighted by Gasteiger charge is -2.10. The van der Waals surface area contributed by atoms with Gasteiger partial charge in [-0.2, -0.15) is 0 Å². The minimum Gasteiger partial charge on any atom is -0.462 e. The molecule has 6 heteroatoms. The minimum atomic E-state index is -1.12. The van der Waals surface area contributed by atoms with E-state index >= 15 is 0 Å². The van der Waals surface area contributed by atoms with Crippen molar-refractivity contribution in [1.82, 2.24) is 4.98 Å². The Kier molecular flexibility index (Phi) is 4.49. The van der Waals surface area contributed by atoms with E-state index in [1.807, 2.05) is 24.4 Å². The van der Waals surface area contributed by atoms with Crippen LogP contribution in [0.3, 0.4) is 0 Å². The number of nitrogens with zero attached hydrogens (tertiary/aromatic N) is 1. The Balaban J connectivity index is 1.70. The molecule has 0 aliphatic carbocycles. The Labute approximate surface area is 134 Å². The van der Waals surface area contributed by atoms with Gasteiger partial charge in [-0.25, -0.2) is 9.37 Å². The third-order valence-corrected chi connectivity index (χ3v) is 5.85. The normalized spacial score (nSPS) is 13.9. The van der Waals surface area contributed by atoms with Crippen LogP contribution in [0.1, 0.15) is 23.4 Å². The van der Waals surface area contributed by atoms with Crippen molar-refractivity contribution in [2.45, 2.75) is 17.9 Å². The summed E-state index contributed by atoms with van der Waals surface area (Å²) in [5.74, 6) is 0.799. The van der Waals surface area contributed by atoms with Crippen LogP contribution in [0.25, 0.3) is 10.8 Å². The molecule has 2 atom stereocenters. The van der Waals surface area contributed by atoms with Gasteiger partial charge in [-0.3, -0.25) is 4.21 Å². The molecule has 0 unspecified atom stereocenters. The molecular weight excluding hydrogens is 321 g/mol. The molecule has 0 saturated carbocycles. The topological polar surface area (TPSA) is 43.1 Å². The van der Waals surface area contributed by atoms with Crippen LogP contribution in [-0.2, 0) is 16.6 Å². The number of hydrogen-bond donors (Lipinski definition) is 0. The highest BCUT2D eigenvalue weighted by molar-refractivity contribution is 7.84. The van der Waals surface area contributed by atoms with Crippen molar-refractivity contribution in [3.63, 3.8) is 0 Å². The van der Waals surface area contributed by atoms with Gasteiger partial charge in [-0.15, -0.1) is 11.3 Å². The highest BCUT2D eigenvalue weighted by Gasteiger charge is 2.16. The first-order chi connectivity index (χ1) is 10.6. The highest BCUT2D eigenvalue weighted by Crippen LogP contribution is 2.27. The van der Waals surface area contributed by atoms with Gasteiger partial charge in [-0.05, 0) is 36.8 Å². The molecule has 22 heavy (non-hydrogen) atoms. The summed E-state index contributed by atoms with van der Waals surface area (Å²) in [4.78, 5) is 4.45. The maximum absolute atomic E-state index is 12.9. The largest absolute Gasteiger partial charge is 0.462 e. The number of rotatable bonds is 5. The Morgan fingerprint density at radius 3 is 2.77 bits per heavy atom. The Morgan fingerprint density at radius 2 is 2.09 bits per heavy atom. The average Bonchev–Trinajstić information content (AvgIpc) is 3.18. The number of thiazole rings is 1. The summed E-state index contributed by atoms with van der Waals surface area (Å²) in [5.41, 5.74) is 1.64. The number of furan rings is 1. The first kappa shape index (κ1) is 15.1. The summed E-state index contributed by atoms with van der Waals surface area (Å²) in [6, 6.07) is 9.79. The van der Waals surface area contributed by atoms with Crippen LogP contribution < -0.4 is 0 Å². The van der Waals surface area contributed by atoms with Gasteiger partial charge in [-0.1, -0.05) is 12.1 Å². The van der Waals surface area contributed by atoms with Crippen molar-refractivity contribution in [2.24, 2.45) is 0 Å². The molecular formula is C16H14FNO2S2. The molecule has 0 N–H and O–H groups in total. The van der Waals surface area contributed by atoms with Crippen LogP contribution in [0.4, 0.5) is 4.39 Å². The van der Waals surface area contributed by atoms with Gasteiger partial charge in [0, 0.05) is 16.2 Å². The van der Waals surface area contributed by atoms with E-state index in [1.54, 1.807) is 18.4 Å². The summed E-state index contributed by atoms with van der Waals surface area (Å²) < 4.78 is 30.7. The molecule has 0 amide bonds. The molecule has 0 spiro atoms. The van der Waals surface area contributed by atoms with E-state index in [9.17, 15) is 8.60 Å². The van der Waals surface area contributed by atoms with Crippen LogP contribution in [-0.4, -0.2) is 9.19 Å². The van der Waals surface area contributed by atoms with Crippen LogP contribution in [0, 0.1) is 5.82 Å². The fourth-order valence-corrected chi connectivity index (χ4v) is 4.08. The summed E-state index contributed by atoms with van der Waals surface area (Å²) in [6.45, 7) is 1.88. The molecule has 3 nitrogen and oxygen atoms in total. The molecule has 0 aliphatic rings. The van der Waals surface area contributed by atoms with Crippen LogP contribution in [0.2, 0.25) is 0 Å². The molecule has 0 saturated heterocycles. The van der Waals surface area contributed by atoms with Crippen molar-refractivity contribution < 1.29 is 13.0 Å². The first-order valence-corrected chi connectivity index (χ1v) is 9.00. The molecule has 3 rings (SSSR count). The van der Waals surface area contributed by atoms with E-state index < -0.39 is 10.8 Å². The van der Waals surface area contributed by atoms with Gasteiger partial charge in [0.25, 0.3) is 0 Å². The molecule has 0 radical (unpaired) electrons. The molecule has 0 bridgehead atoms. The van der Waals surface area contributed by atoms with Gasteiger partial charge in [0.15, 0.2) is 10.8 Å². The molecule has 1 aromatic carbocycles. The van der Waals surface area contributed by atoms with Crippen LogP contribution in [0.5, 0.6) is 0 Å². The minimum absolute atomic E-state index is 0.172. The lowest BCUT2D eigenvalue weighted by Crippen LogP contribution is -2.05. The zero-order chi connectivity index (χ0) is 15.5. The SMILES string of the molecule is C[C@H](c1ccc(F)cc1)[S@](=O)Cc1csc(-c2ccco2)n1. The second kappa shape index (κ2) is 6.54. The van der Waals surface area contributed by atoms with E-state index in [0.29, 0.717) is 11.5 Å². The molecule has 0 fully saturated rings. The Hall–Kier alpha value is -1.79. The zero-order valence-corrected chi connectivity index (χ0v) is 13.5. The average molecular weight is 335 g/mol. The Morgan fingerprint density at radius 1 is 1.32 bits per heavy atom. The summed E-state index contributed by atoms with van der Waals surface area (Å²) >= 11 is 1.47. The maximum Gasteiger partial charge on any atom is 0.162 e. The number of halogens is 1. The highest BCUT2D eigenvalue weighted by atomic mass is 32.2. The first-order valence-electron chi connectivity index (χ1n) is 6.74. The number of benzene rings is 1. The van der Waals surface area contributed by atoms with Crippen LogP contribution in [0.15, 0.2) is 52.5 Å². The van der Waals surface area contributed by atoms with Gasteiger partial charge in [0.05, 0.1) is 23.0 Å². The third-order valence-electron chi connectivity index (χ3n) is 3.31. The quantitative estimate of drug-likeness (QED) is 0.687. The predicted octanol–water partition coefficient (Wildman–Crippen LogP) is 4.55. The van der Waals surface area contributed by atoms with Crippen LogP contribution >= 0.6 is 11.3 Å². The lowest BCUT2D eigenvalue weighted by molar-refractivity contribution is 0.581. The van der Waals surface area contributed by atoms with E-state index in [0.717, 1.165) is 16.3 Å². The zero-order valence-electron chi connectivity index (χ0n) is 11.9. The maximum atomic E-state index is 12.9. The smallest absolute Gasteiger partial charge is 0.162 e. The second-order valence-electron chi connectivity index (χ2n) is 4.84. The van der Waals surface area contributed by atoms with Gasteiger partial charge >= 0.3 is 0 Å².